The molecule has 4 amide bonds. The van der Waals surface area contributed by atoms with Crippen molar-refractivity contribution in [1.29, 1.82) is 0 Å². The lowest BCUT2D eigenvalue weighted by molar-refractivity contribution is -0.143. The number of rotatable bonds is 19. The molecule has 0 bridgehead atoms. The van der Waals surface area contributed by atoms with Crippen LogP contribution < -0.4 is 26.0 Å². The van der Waals surface area contributed by atoms with Crippen molar-refractivity contribution in [3.8, 4) is 5.75 Å². The number of ether oxygens (including phenoxy) is 1. The van der Waals surface area contributed by atoms with Crippen LogP contribution in [0.1, 0.15) is 59.9 Å². The van der Waals surface area contributed by atoms with Crippen LogP contribution in [0.2, 0.25) is 0 Å². The predicted molar refractivity (Wildman–Crippen MR) is 195 cm³/mol. The Bertz CT molecular complexity index is 1630. The Morgan fingerprint density at radius 3 is 1.88 bits per heavy atom. The number of benzene rings is 3. The van der Waals surface area contributed by atoms with E-state index in [0.717, 1.165) is 16.3 Å². The number of carboxylic acids is 1. The van der Waals surface area contributed by atoms with Gasteiger partial charge < -0.3 is 36.2 Å². The second-order valence-corrected chi connectivity index (χ2v) is 13.7. The first-order valence-electron chi connectivity index (χ1n) is 17.5. The maximum atomic E-state index is 13.7. The van der Waals surface area contributed by atoms with Gasteiger partial charge in [-0.05, 0) is 52.6 Å². The van der Waals surface area contributed by atoms with E-state index in [9.17, 15) is 34.2 Å². The third-order valence-corrected chi connectivity index (χ3v) is 8.88. The van der Waals surface area contributed by atoms with E-state index in [1.54, 1.807) is 40.7 Å². The molecule has 0 saturated carbocycles. The van der Waals surface area contributed by atoms with Gasteiger partial charge in [-0.3, -0.25) is 19.2 Å². The summed E-state index contributed by atoms with van der Waals surface area (Å²) in [5.74, 6) is -4.07. The van der Waals surface area contributed by atoms with Gasteiger partial charge in [-0.2, -0.15) is 0 Å². The molecule has 6 N–H and O–H groups in total. The Balaban J connectivity index is 1.70. The number of aliphatic carboxylic acids is 1. The molecule has 0 fully saturated rings. The Hall–Kier alpha value is -4.97. The van der Waals surface area contributed by atoms with Crippen LogP contribution in [0.4, 0.5) is 0 Å². The second-order valence-electron chi connectivity index (χ2n) is 13.7. The molecule has 51 heavy (non-hydrogen) atoms. The minimum absolute atomic E-state index is 0.175. The predicted octanol–water partition coefficient (Wildman–Crippen LogP) is 3.59. The van der Waals surface area contributed by atoms with Gasteiger partial charge in [0.15, 0.2) is 6.61 Å². The molecule has 0 saturated heterocycles. The zero-order chi connectivity index (χ0) is 37.7. The zero-order valence-corrected chi connectivity index (χ0v) is 30.2. The number of fused-ring (bicyclic) bond motifs is 1. The van der Waals surface area contributed by atoms with Crippen molar-refractivity contribution in [3.05, 3.63) is 78.4 Å². The van der Waals surface area contributed by atoms with Crippen LogP contribution in [-0.4, -0.2) is 76.7 Å². The number of aliphatic hydroxyl groups excluding tert-OH is 1. The first-order valence-corrected chi connectivity index (χ1v) is 17.5. The van der Waals surface area contributed by atoms with E-state index >= 15 is 0 Å². The Morgan fingerprint density at radius 2 is 1.27 bits per heavy atom. The summed E-state index contributed by atoms with van der Waals surface area (Å²) in [6, 6.07) is 18.3. The number of amides is 4. The zero-order valence-electron chi connectivity index (χ0n) is 30.2. The summed E-state index contributed by atoms with van der Waals surface area (Å²) in [6.45, 7) is 10.2. The van der Waals surface area contributed by atoms with Crippen LogP contribution in [0.25, 0.3) is 10.8 Å². The van der Waals surface area contributed by atoms with Gasteiger partial charge in [-0.1, -0.05) is 109 Å². The second kappa shape index (κ2) is 19.4. The number of hydrogen-bond donors (Lipinski definition) is 6. The van der Waals surface area contributed by atoms with Gasteiger partial charge >= 0.3 is 5.97 Å². The largest absolute Gasteiger partial charge is 0.484 e. The highest BCUT2D eigenvalue weighted by molar-refractivity contribution is 5.91. The van der Waals surface area contributed by atoms with Gasteiger partial charge in [0.05, 0.1) is 18.6 Å². The summed E-state index contributed by atoms with van der Waals surface area (Å²) in [5, 5.41) is 33.7. The molecule has 3 aromatic rings. The third kappa shape index (κ3) is 12.4. The van der Waals surface area contributed by atoms with E-state index in [1.165, 1.54) is 0 Å². The van der Waals surface area contributed by atoms with Crippen LogP contribution >= 0.6 is 0 Å². The van der Waals surface area contributed by atoms with E-state index in [0.29, 0.717) is 12.2 Å². The van der Waals surface area contributed by atoms with E-state index in [2.05, 4.69) is 21.3 Å². The molecule has 12 heteroatoms. The van der Waals surface area contributed by atoms with E-state index in [4.69, 9.17) is 4.74 Å². The van der Waals surface area contributed by atoms with Gasteiger partial charge in [-0.25, -0.2) is 4.79 Å². The van der Waals surface area contributed by atoms with Gasteiger partial charge in [0.1, 0.15) is 23.9 Å². The van der Waals surface area contributed by atoms with Crippen LogP contribution in [-0.2, 0) is 30.4 Å². The van der Waals surface area contributed by atoms with Crippen molar-refractivity contribution < 1.29 is 38.9 Å². The molecule has 0 unspecified atom stereocenters. The lowest BCUT2D eigenvalue weighted by atomic mass is 9.95. The van der Waals surface area contributed by atoms with Crippen molar-refractivity contribution in [1.82, 2.24) is 21.3 Å². The molecular formula is C39H52N4O8. The summed E-state index contributed by atoms with van der Waals surface area (Å²) in [5.41, 5.74) is 0.793. The molecule has 3 aromatic carbocycles. The fraction of sp³-hybridized carbons (Fsp3) is 0.462. The summed E-state index contributed by atoms with van der Waals surface area (Å²) in [6.07, 6.45) is -1.14. The Kier molecular flexibility index (Phi) is 15.4. The molecule has 0 radical (unpaired) electrons. The van der Waals surface area contributed by atoms with Crippen LogP contribution in [0, 0.1) is 17.8 Å². The molecule has 0 aliphatic heterocycles. The molecule has 0 spiro atoms. The first kappa shape index (κ1) is 40.5. The maximum Gasteiger partial charge on any atom is 0.326 e. The van der Waals surface area contributed by atoms with Crippen molar-refractivity contribution in [2.45, 2.75) is 91.1 Å². The fourth-order valence-electron chi connectivity index (χ4n) is 5.60. The average Bonchev–Trinajstić information content (AvgIpc) is 3.09. The fourth-order valence-corrected chi connectivity index (χ4v) is 5.60. The third-order valence-electron chi connectivity index (χ3n) is 8.88. The quantitative estimate of drug-likeness (QED) is 0.109. The molecule has 0 heterocycles. The minimum atomic E-state index is -1.38. The number of aliphatic hydroxyl groups is 1. The molecule has 3 rings (SSSR count). The van der Waals surface area contributed by atoms with Crippen molar-refractivity contribution in [2.24, 2.45) is 17.8 Å². The van der Waals surface area contributed by atoms with Crippen LogP contribution in [0.15, 0.2) is 72.8 Å². The van der Waals surface area contributed by atoms with Gasteiger partial charge in [0.2, 0.25) is 17.7 Å². The molecule has 6 atom stereocenters. The summed E-state index contributed by atoms with van der Waals surface area (Å²) < 4.78 is 5.71. The van der Waals surface area contributed by atoms with Crippen LogP contribution in [0.3, 0.4) is 0 Å². The normalized spacial score (nSPS) is 14.8. The number of carbonyl (C=O) groups excluding carboxylic acids is 4. The highest BCUT2D eigenvalue weighted by atomic mass is 16.5. The van der Waals surface area contributed by atoms with Crippen molar-refractivity contribution >= 4 is 40.4 Å². The molecule has 0 aromatic heterocycles. The van der Waals surface area contributed by atoms with Gasteiger partial charge in [0, 0.05) is 0 Å². The van der Waals surface area contributed by atoms with Crippen molar-refractivity contribution in [3.63, 3.8) is 0 Å². The number of nitrogens with one attached hydrogen (secondary N) is 4. The number of carbonyl (C=O) groups is 5. The average molecular weight is 705 g/mol. The molecule has 276 valence electrons. The smallest absolute Gasteiger partial charge is 0.326 e. The number of hydrogen-bond acceptors (Lipinski definition) is 7. The Morgan fingerprint density at radius 1 is 0.686 bits per heavy atom. The first-order chi connectivity index (χ1) is 24.2. The number of carboxylic acid groups (broad SMARTS) is 1. The highest BCUT2D eigenvalue weighted by Crippen LogP contribution is 2.20. The van der Waals surface area contributed by atoms with E-state index in [1.807, 2.05) is 73.7 Å². The summed E-state index contributed by atoms with van der Waals surface area (Å²) >= 11 is 0. The molecule has 12 nitrogen and oxygen atoms in total. The Labute approximate surface area is 299 Å². The SMILES string of the molecule is CC[C@H](C)[C@H](NC(=O)C[C@H](O)[C@H](Cc1ccccc1)NC(=O)[C@@H](NC(=O)COc1ccc2ccccc2c1)C(C)C)C(=O)N[C@H](C(=O)O)C(C)C. The molecule has 0 aliphatic rings. The maximum absolute atomic E-state index is 13.7. The van der Waals surface area contributed by atoms with Crippen molar-refractivity contribution in [2.75, 3.05) is 6.61 Å². The highest BCUT2D eigenvalue weighted by Gasteiger charge is 2.34. The van der Waals surface area contributed by atoms with Gasteiger partial charge in [-0.15, -0.1) is 0 Å². The minimum Gasteiger partial charge on any atom is -0.484 e. The molecule has 0 aliphatic carbocycles. The van der Waals surface area contributed by atoms with Gasteiger partial charge in [0.25, 0.3) is 5.91 Å². The summed E-state index contributed by atoms with van der Waals surface area (Å²) in [7, 11) is 0. The molecular weight excluding hydrogens is 652 g/mol. The lowest BCUT2D eigenvalue weighted by Gasteiger charge is -2.29. The lowest BCUT2D eigenvalue weighted by Crippen LogP contribution is -2.57. The van der Waals surface area contributed by atoms with E-state index < -0.39 is 66.3 Å². The standard InChI is InChI=1S/C39H52N4O8/c1-7-25(6)36(38(48)43-35(24(4)5)39(49)50)41-32(45)21-31(44)30(19-26-13-9-8-10-14-26)40-37(47)34(23(2)3)42-33(46)22-51-29-18-17-27-15-11-12-16-28(27)20-29/h8-18,20,23-25,30-31,34-36,44H,7,19,21-22H2,1-6H3,(H,40,47)(H,41,45)(H,42,46)(H,43,48)(H,49,50)/t25-,30-,31-,34-,35-,36-/m0/s1. The summed E-state index contributed by atoms with van der Waals surface area (Å²) in [4.78, 5) is 64.8. The topological polar surface area (TPSA) is 183 Å². The van der Waals surface area contributed by atoms with E-state index in [-0.39, 0.29) is 30.8 Å². The monoisotopic (exact) mass is 704 g/mol. The van der Waals surface area contributed by atoms with Crippen LogP contribution in [0.5, 0.6) is 5.75 Å².